The first-order valence-corrected chi connectivity index (χ1v) is 8.45. The molecule has 1 heterocycles. The highest BCUT2D eigenvalue weighted by Crippen LogP contribution is 2.23. The van der Waals surface area contributed by atoms with Gasteiger partial charge in [0.15, 0.2) is 0 Å². The Morgan fingerprint density at radius 2 is 1.79 bits per heavy atom. The van der Waals surface area contributed by atoms with Crippen molar-refractivity contribution in [1.82, 2.24) is 4.90 Å². The van der Waals surface area contributed by atoms with Crippen LogP contribution in [0, 0.1) is 0 Å². The summed E-state index contributed by atoms with van der Waals surface area (Å²) in [5.74, 6) is -0.172. The van der Waals surface area contributed by atoms with Crippen LogP contribution in [-0.2, 0) is 11.2 Å². The van der Waals surface area contributed by atoms with Crippen LogP contribution in [0.15, 0.2) is 54.6 Å². The molecule has 4 heteroatoms. The number of amides is 2. The van der Waals surface area contributed by atoms with E-state index in [1.807, 2.05) is 42.5 Å². The molecule has 2 amide bonds. The summed E-state index contributed by atoms with van der Waals surface area (Å²) in [4.78, 5) is 27.1. The van der Waals surface area contributed by atoms with Gasteiger partial charge in [-0.25, -0.2) is 0 Å². The third-order valence-corrected chi connectivity index (χ3v) is 4.49. The summed E-state index contributed by atoms with van der Waals surface area (Å²) in [7, 11) is 0. The van der Waals surface area contributed by atoms with E-state index < -0.39 is 6.04 Å². The van der Waals surface area contributed by atoms with Crippen LogP contribution in [0.25, 0.3) is 0 Å². The van der Waals surface area contributed by atoms with Gasteiger partial charge in [0.05, 0.1) is 0 Å². The van der Waals surface area contributed by atoms with Gasteiger partial charge in [-0.3, -0.25) is 9.59 Å². The SMILES string of the molecule is CCc1ccccc1NC(=O)C1CCCN1C(=O)c1ccccc1. The molecule has 0 spiro atoms. The van der Waals surface area contributed by atoms with Gasteiger partial charge in [0.2, 0.25) is 5.91 Å². The Kier molecular flexibility index (Phi) is 4.94. The average Bonchev–Trinajstić information content (AvgIpc) is 3.12. The maximum Gasteiger partial charge on any atom is 0.254 e. The van der Waals surface area contributed by atoms with Gasteiger partial charge >= 0.3 is 0 Å². The lowest BCUT2D eigenvalue weighted by molar-refractivity contribution is -0.119. The first-order chi connectivity index (χ1) is 11.7. The molecule has 0 aromatic heterocycles. The fourth-order valence-corrected chi connectivity index (χ4v) is 3.20. The number of anilines is 1. The summed E-state index contributed by atoms with van der Waals surface area (Å²) < 4.78 is 0. The van der Waals surface area contributed by atoms with Crippen molar-refractivity contribution < 1.29 is 9.59 Å². The zero-order valence-electron chi connectivity index (χ0n) is 13.9. The standard InChI is InChI=1S/C20H22N2O2/c1-2-15-9-6-7-12-17(15)21-19(23)18-13-8-14-22(18)20(24)16-10-4-3-5-11-16/h3-7,9-12,18H,2,8,13-14H2,1H3,(H,21,23). The number of aryl methyl sites for hydroxylation is 1. The van der Waals surface area contributed by atoms with Crippen LogP contribution in [0.5, 0.6) is 0 Å². The zero-order valence-corrected chi connectivity index (χ0v) is 13.9. The van der Waals surface area contributed by atoms with Gasteiger partial charge in [-0.1, -0.05) is 43.3 Å². The van der Waals surface area contributed by atoms with Gasteiger partial charge in [-0.15, -0.1) is 0 Å². The van der Waals surface area contributed by atoms with E-state index in [0.29, 0.717) is 18.5 Å². The van der Waals surface area contributed by atoms with Gasteiger partial charge < -0.3 is 10.2 Å². The maximum absolute atomic E-state index is 12.7. The van der Waals surface area contributed by atoms with E-state index in [4.69, 9.17) is 0 Å². The molecule has 1 saturated heterocycles. The van der Waals surface area contributed by atoms with Crippen LogP contribution < -0.4 is 5.32 Å². The Morgan fingerprint density at radius 3 is 2.54 bits per heavy atom. The topological polar surface area (TPSA) is 49.4 Å². The first kappa shape index (κ1) is 16.2. The second-order valence-corrected chi connectivity index (χ2v) is 6.02. The minimum Gasteiger partial charge on any atom is -0.327 e. The average molecular weight is 322 g/mol. The van der Waals surface area contributed by atoms with Crippen LogP contribution in [-0.4, -0.2) is 29.3 Å². The van der Waals surface area contributed by atoms with E-state index in [1.165, 1.54) is 0 Å². The Bertz CT molecular complexity index is 727. The van der Waals surface area contributed by atoms with Gasteiger partial charge in [0, 0.05) is 17.8 Å². The van der Waals surface area contributed by atoms with Gasteiger partial charge in [-0.2, -0.15) is 0 Å². The van der Waals surface area contributed by atoms with Crippen LogP contribution in [0.3, 0.4) is 0 Å². The highest BCUT2D eigenvalue weighted by atomic mass is 16.2. The molecule has 124 valence electrons. The predicted molar refractivity (Wildman–Crippen MR) is 95.0 cm³/mol. The third kappa shape index (κ3) is 3.32. The summed E-state index contributed by atoms with van der Waals surface area (Å²) >= 11 is 0. The van der Waals surface area contributed by atoms with E-state index >= 15 is 0 Å². The molecule has 24 heavy (non-hydrogen) atoms. The van der Waals surface area contributed by atoms with E-state index in [9.17, 15) is 9.59 Å². The van der Waals surface area contributed by atoms with Crippen LogP contribution in [0.2, 0.25) is 0 Å². The third-order valence-electron chi connectivity index (χ3n) is 4.49. The van der Waals surface area contributed by atoms with E-state index in [1.54, 1.807) is 17.0 Å². The zero-order chi connectivity index (χ0) is 16.9. The Balaban J connectivity index is 1.75. The highest BCUT2D eigenvalue weighted by molar-refractivity contribution is 6.01. The normalized spacial score (nSPS) is 16.9. The van der Waals surface area contributed by atoms with Crippen molar-refractivity contribution in [3.8, 4) is 0 Å². The monoisotopic (exact) mass is 322 g/mol. The van der Waals surface area contributed by atoms with Gasteiger partial charge in [0.1, 0.15) is 6.04 Å². The molecule has 4 nitrogen and oxygen atoms in total. The van der Waals surface area contributed by atoms with E-state index in [2.05, 4.69) is 12.2 Å². The highest BCUT2D eigenvalue weighted by Gasteiger charge is 2.34. The molecular formula is C20H22N2O2. The molecule has 2 aromatic rings. The van der Waals surface area contributed by atoms with E-state index in [-0.39, 0.29) is 11.8 Å². The minimum absolute atomic E-state index is 0.0722. The van der Waals surface area contributed by atoms with Crippen molar-refractivity contribution in [1.29, 1.82) is 0 Å². The molecule has 1 aliphatic rings. The molecular weight excluding hydrogens is 300 g/mol. The van der Waals surface area contributed by atoms with Crippen molar-refractivity contribution >= 4 is 17.5 Å². The Hall–Kier alpha value is -2.62. The molecule has 0 bridgehead atoms. The lowest BCUT2D eigenvalue weighted by Gasteiger charge is -2.24. The molecule has 2 aromatic carbocycles. The number of carbonyl (C=O) groups is 2. The van der Waals surface area contributed by atoms with Crippen molar-refractivity contribution in [3.63, 3.8) is 0 Å². The summed E-state index contributed by atoms with van der Waals surface area (Å²) in [5, 5.41) is 3.01. The summed E-state index contributed by atoms with van der Waals surface area (Å²) in [5.41, 5.74) is 2.57. The van der Waals surface area contributed by atoms with Crippen molar-refractivity contribution in [3.05, 3.63) is 65.7 Å². The molecule has 1 aliphatic heterocycles. The number of nitrogens with zero attached hydrogens (tertiary/aromatic N) is 1. The number of nitrogens with one attached hydrogen (secondary N) is 1. The lowest BCUT2D eigenvalue weighted by atomic mass is 10.1. The van der Waals surface area contributed by atoms with E-state index in [0.717, 1.165) is 24.1 Å². The number of carbonyl (C=O) groups excluding carboxylic acids is 2. The smallest absolute Gasteiger partial charge is 0.254 e. The number of likely N-dealkylation sites (tertiary alicyclic amines) is 1. The molecule has 1 N–H and O–H groups in total. The predicted octanol–water partition coefficient (Wildman–Crippen LogP) is 3.49. The minimum atomic E-state index is -0.400. The van der Waals surface area contributed by atoms with Crippen LogP contribution in [0.4, 0.5) is 5.69 Å². The molecule has 1 unspecified atom stereocenters. The second-order valence-electron chi connectivity index (χ2n) is 6.02. The van der Waals surface area contributed by atoms with Crippen molar-refractivity contribution in [2.75, 3.05) is 11.9 Å². The molecule has 1 atom stereocenters. The number of para-hydroxylation sites is 1. The molecule has 1 fully saturated rings. The van der Waals surface area contributed by atoms with Crippen molar-refractivity contribution in [2.45, 2.75) is 32.2 Å². The number of rotatable bonds is 4. The maximum atomic E-state index is 12.7. The fourth-order valence-electron chi connectivity index (χ4n) is 3.20. The summed E-state index contributed by atoms with van der Waals surface area (Å²) in [6.45, 7) is 2.69. The summed E-state index contributed by atoms with van der Waals surface area (Å²) in [6, 6.07) is 16.6. The lowest BCUT2D eigenvalue weighted by Crippen LogP contribution is -2.43. The second kappa shape index (κ2) is 7.30. The van der Waals surface area contributed by atoms with Crippen molar-refractivity contribution in [2.24, 2.45) is 0 Å². The Labute approximate surface area is 142 Å². The quantitative estimate of drug-likeness (QED) is 0.936. The first-order valence-electron chi connectivity index (χ1n) is 8.45. The Morgan fingerprint density at radius 1 is 1.08 bits per heavy atom. The molecule has 0 radical (unpaired) electrons. The van der Waals surface area contributed by atoms with Gasteiger partial charge in [0.25, 0.3) is 5.91 Å². The molecule has 0 aliphatic carbocycles. The number of hydrogen-bond donors (Lipinski definition) is 1. The van der Waals surface area contributed by atoms with Crippen LogP contribution >= 0.6 is 0 Å². The molecule has 3 rings (SSSR count). The number of benzene rings is 2. The fraction of sp³-hybridized carbons (Fsp3) is 0.300. The van der Waals surface area contributed by atoms with Gasteiger partial charge in [-0.05, 0) is 43.0 Å². The molecule has 0 saturated carbocycles. The number of hydrogen-bond acceptors (Lipinski definition) is 2. The summed E-state index contributed by atoms with van der Waals surface area (Å²) in [6.07, 6.45) is 2.42. The largest absolute Gasteiger partial charge is 0.327 e. The van der Waals surface area contributed by atoms with Crippen LogP contribution in [0.1, 0.15) is 35.7 Å².